The molecule has 41 heavy (non-hydrogen) atoms. The first-order chi connectivity index (χ1) is 19.4. The molecule has 4 aromatic rings. The molecule has 0 bridgehead atoms. The molecule has 1 saturated heterocycles. The summed E-state index contributed by atoms with van der Waals surface area (Å²) in [6.07, 6.45) is 4.58. The van der Waals surface area contributed by atoms with Gasteiger partial charge in [-0.1, -0.05) is 17.7 Å². The van der Waals surface area contributed by atoms with Gasteiger partial charge in [-0.25, -0.2) is 23.1 Å². The Bertz CT molecular complexity index is 1790. The Morgan fingerprint density at radius 3 is 2.71 bits per heavy atom. The van der Waals surface area contributed by atoms with Crippen molar-refractivity contribution in [2.45, 2.75) is 38.6 Å². The number of H-pyrrole nitrogens is 1. The fraction of sp³-hybridized carbons (Fsp3) is 0.370. The molecule has 2 atom stereocenters. The average molecular weight is 599 g/mol. The zero-order valence-corrected chi connectivity index (χ0v) is 24.7. The van der Waals surface area contributed by atoms with Crippen LogP contribution in [0.4, 0.5) is 11.6 Å². The Morgan fingerprint density at radius 1 is 1.22 bits per heavy atom. The molecule has 14 heteroatoms. The second-order valence-corrected chi connectivity index (χ2v) is 12.6. The molecule has 4 heterocycles. The normalized spacial score (nSPS) is 16.5. The van der Waals surface area contributed by atoms with E-state index >= 15 is 0 Å². The van der Waals surface area contributed by atoms with Crippen LogP contribution >= 0.6 is 11.6 Å². The summed E-state index contributed by atoms with van der Waals surface area (Å²) in [6.45, 7) is 5.23. The van der Waals surface area contributed by atoms with Gasteiger partial charge in [0, 0.05) is 43.5 Å². The molecular weight excluding hydrogens is 568 g/mol. The molecule has 1 aromatic carbocycles. The Hall–Kier alpha value is -3.97. The number of sulfonamides is 1. The quantitative estimate of drug-likeness (QED) is 0.272. The van der Waals surface area contributed by atoms with E-state index in [1.807, 2.05) is 36.8 Å². The van der Waals surface area contributed by atoms with Crippen LogP contribution in [0, 0.1) is 6.92 Å². The number of fused-ring (bicyclic) bond motifs is 1. The number of rotatable bonds is 7. The number of hydrogen-bond donors (Lipinski definition) is 3. The number of amides is 1. The molecule has 0 unspecified atom stereocenters. The van der Waals surface area contributed by atoms with Crippen LogP contribution in [-0.4, -0.2) is 58.4 Å². The van der Waals surface area contributed by atoms with E-state index in [0.717, 1.165) is 42.5 Å². The Morgan fingerprint density at radius 2 is 2.00 bits per heavy atom. The maximum absolute atomic E-state index is 13.6. The molecule has 0 saturated carbocycles. The predicted molar refractivity (Wildman–Crippen MR) is 158 cm³/mol. The van der Waals surface area contributed by atoms with E-state index in [1.54, 1.807) is 23.9 Å². The van der Waals surface area contributed by atoms with E-state index in [-0.39, 0.29) is 28.0 Å². The number of nitrogens with one attached hydrogen (secondary N) is 3. The van der Waals surface area contributed by atoms with Crippen molar-refractivity contribution < 1.29 is 13.2 Å². The van der Waals surface area contributed by atoms with Crippen molar-refractivity contribution in [3.05, 3.63) is 74.6 Å². The van der Waals surface area contributed by atoms with Crippen LogP contribution in [0.3, 0.4) is 0 Å². The zero-order valence-electron chi connectivity index (χ0n) is 23.1. The first-order valence-corrected chi connectivity index (χ1v) is 15.4. The highest BCUT2D eigenvalue weighted by Crippen LogP contribution is 2.31. The van der Waals surface area contributed by atoms with Crippen molar-refractivity contribution >= 4 is 50.1 Å². The number of pyridine rings is 1. The largest absolute Gasteiger partial charge is 0.377 e. The number of benzene rings is 1. The van der Waals surface area contributed by atoms with E-state index in [0.29, 0.717) is 23.4 Å². The summed E-state index contributed by atoms with van der Waals surface area (Å²) < 4.78 is 26.9. The average Bonchev–Trinajstić information content (AvgIpc) is 3.46. The van der Waals surface area contributed by atoms with Crippen LogP contribution < -0.4 is 20.5 Å². The third-order valence-corrected chi connectivity index (χ3v) is 7.96. The maximum atomic E-state index is 13.6. The number of aryl methyl sites for hydroxylation is 1. The fourth-order valence-electron chi connectivity index (χ4n) is 5.31. The van der Waals surface area contributed by atoms with Crippen molar-refractivity contribution in [1.82, 2.24) is 29.5 Å². The Kier molecular flexibility index (Phi) is 7.75. The van der Waals surface area contributed by atoms with Crippen LogP contribution in [0.2, 0.25) is 5.15 Å². The molecule has 1 aliphatic heterocycles. The molecule has 1 amide bonds. The molecule has 3 aromatic heterocycles. The highest BCUT2D eigenvalue weighted by Gasteiger charge is 2.27. The van der Waals surface area contributed by atoms with Crippen LogP contribution in [0.15, 0.2) is 41.3 Å². The van der Waals surface area contributed by atoms with Gasteiger partial charge < -0.3 is 10.2 Å². The molecule has 0 aliphatic carbocycles. The number of halogens is 1. The van der Waals surface area contributed by atoms with Gasteiger partial charge in [-0.15, -0.1) is 0 Å². The lowest BCUT2D eigenvalue weighted by molar-refractivity contribution is 0.0977. The van der Waals surface area contributed by atoms with E-state index in [1.165, 1.54) is 6.07 Å². The van der Waals surface area contributed by atoms with E-state index in [2.05, 4.69) is 25.4 Å². The molecule has 1 aliphatic rings. The summed E-state index contributed by atoms with van der Waals surface area (Å²) in [5, 5.41) is 10.9. The first-order valence-electron chi connectivity index (χ1n) is 13.1. The molecule has 1 fully saturated rings. The van der Waals surface area contributed by atoms with E-state index < -0.39 is 22.0 Å². The Labute approximate surface area is 242 Å². The number of carbonyl (C=O) groups excluding carboxylic acids is 1. The van der Waals surface area contributed by atoms with Gasteiger partial charge >= 0.3 is 0 Å². The van der Waals surface area contributed by atoms with Gasteiger partial charge in [-0.05, 0) is 56.5 Å². The Balaban J connectivity index is 1.54. The molecule has 5 rings (SSSR count). The third kappa shape index (κ3) is 6.05. The van der Waals surface area contributed by atoms with Gasteiger partial charge in [0.15, 0.2) is 5.69 Å². The van der Waals surface area contributed by atoms with Gasteiger partial charge in [-0.2, -0.15) is 5.10 Å². The summed E-state index contributed by atoms with van der Waals surface area (Å²) in [6, 6.07) is 8.35. The number of nitrogens with zero attached hydrogens (tertiary/aromatic N) is 5. The number of piperidine rings is 1. The standard InChI is InChI=1S/C27H31ClN8O4S/c1-15-12-18(16(2)30-21-7-8-22(28)31-24(21)25(37)34-41(4,39)40)23-19(13-15)26(38)35(3)27(32-23)36-11-5-6-17(14-36)20-9-10-29-33-20/h7-10,12-13,16-17,30H,5-6,11,14H2,1-4H3,(H,29,33)(H,34,37)/t16-,17-/m1/s1. The van der Waals surface area contributed by atoms with Gasteiger partial charge in [0.05, 0.1) is 28.9 Å². The topological polar surface area (TPSA) is 155 Å². The van der Waals surface area contributed by atoms with Gasteiger partial charge in [0.25, 0.3) is 11.5 Å². The summed E-state index contributed by atoms with van der Waals surface area (Å²) in [4.78, 5) is 37.6. The summed E-state index contributed by atoms with van der Waals surface area (Å²) in [7, 11) is -2.09. The predicted octanol–water partition coefficient (Wildman–Crippen LogP) is 3.26. The van der Waals surface area contributed by atoms with Gasteiger partial charge in [0.2, 0.25) is 16.0 Å². The molecular formula is C27H31ClN8O4S. The van der Waals surface area contributed by atoms with Crippen LogP contribution in [0.5, 0.6) is 0 Å². The van der Waals surface area contributed by atoms with Crippen LogP contribution in [-0.2, 0) is 17.1 Å². The molecule has 0 radical (unpaired) electrons. The number of aromatic nitrogens is 5. The lowest BCUT2D eigenvalue weighted by Crippen LogP contribution is -2.39. The summed E-state index contributed by atoms with van der Waals surface area (Å²) in [5.74, 6) is -0.0961. The molecule has 216 valence electrons. The third-order valence-electron chi connectivity index (χ3n) is 7.19. The molecule has 12 nitrogen and oxygen atoms in total. The highest BCUT2D eigenvalue weighted by molar-refractivity contribution is 7.89. The number of anilines is 2. The monoisotopic (exact) mass is 598 g/mol. The zero-order chi connectivity index (χ0) is 29.5. The molecule has 0 spiro atoms. The van der Waals surface area contributed by atoms with Crippen molar-refractivity contribution in [2.75, 3.05) is 29.6 Å². The number of carbonyl (C=O) groups is 1. The van der Waals surface area contributed by atoms with Crippen molar-refractivity contribution in [1.29, 1.82) is 0 Å². The second-order valence-electron chi connectivity index (χ2n) is 10.4. The van der Waals surface area contributed by atoms with Crippen molar-refractivity contribution in [3.8, 4) is 0 Å². The smallest absolute Gasteiger partial charge is 0.285 e. The maximum Gasteiger partial charge on any atom is 0.285 e. The number of aromatic amines is 1. The lowest BCUT2D eigenvalue weighted by Gasteiger charge is -2.34. The van der Waals surface area contributed by atoms with Crippen LogP contribution in [0.25, 0.3) is 10.9 Å². The van der Waals surface area contributed by atoms with Gasteiger partial charge in [0.1, 0.15) is 5.15 Å². The van der Waals surface area contributed by atoms with Crippen LogP contribution in [0.1, 0.15) is 59.0 Å². The van der Waals surface area contributed by atoms with E-state index in [9.17, 15) is 18.0 Å². The minimum absolute atomic E-state index is 0.0348. The highest BCUT2D eigenvalue weighted by atomic mass is 35.5. The SMILES string of the molecule is Cc1cc([C@@H](C)Nc2ccc(Cl)nc2C(=O)NS(C)(=O)=O)c2nc(N3CCC[C@@H](c4ccn[nH]4)C3)n(C)c(=O)c2c1. The minimum Gasteiger partial charge on any atom is -0.377 e. The second kappa shape index (κ2) is 11.1. The minimum atomic E-state index is -3.83. The van der Waals surface area contributed by atoms with Gasteiger partial charge in [-0.3, -0.25) is 19.3 Å². The van der Waals surface area contributed by atoms with Crippen molar-refractivity contribution in [3.63, 3.8) is 0 Å². The lowest BCUT2D eigenvalue weighted by atomic mass is 9.95. The molecule has 3 N–H and O–H groups in total. The number of hydrogen-bond acceptors (Lipinski definition) is 9. The summed E-state index contributed by atoms with van der Waals surface area (Å²) >= 11 is 6.03. The summed E-state index contributed by atoms with van der Waals surface area (Å²) in [5.41, 5.74) is 3.16. The fourth-order valence-corrected chi connectivity index (χ4v) is 5.89. The van der Waals surface area contributed by atoms with Crippen molar-refractivity contribution in [2.24, 2.45) is 7.05 Å². The first kappa shape index (κ1) is 28.6. The van der Waals surface area contributed by atoms with E-state index in [4.69, 9.17) is 16.6 Å².